The summed E-state index contributed by atoms with van der Waals surface area (Å²) in [7, 11) is -1.91. The van der Waals surface area contributed by atoms with E-state index in [-0.39, 0.29) is 30.2 Å². The Labute approximate surface area is 109 Å². The molecule has 1 aliphatic heterocycles. The van der Waals surface area contributed by atoms with Crippen LogP contribution in [0.5, 0.6) is 11.5 Å². The van der Waals surface area contributed by atoms with Gasteiger partial charge in [0, 0.05) is 5.46 Å². The van der Waals surface area contributed by atoms with E-state index in [1.54, 1.807) is 6.92 Å². The summed E-state index contributed by atoms with van der Waals surface area (Å²) in [6.45, 7) is 1.65. The van der Waals surface area contributed by atoms with Gasteiger partial charge in [-0.25, -0.2) is 4.79 Å². The summed E-state index contributed by atoms with van der Waals surface area (Å²) < 4.78 is 14.9. The van der Waals surface area contributed by atoms with Gasteiger partial charge in [-0.1, -0.05) is 6.07 Å². The third kappa shape index (κ3) is 2.51. The van der Waals surface area contributed by atoms with Gasteiger partial charge in [-0.3, -0.25) is 0 Å². The van der Waals surface area contributed by atoms with Crippen LogP contribution in [0, 0.1) is 0 Å². The SMILES string of the molecule is CCOC(=O)C(O)c1ccc2c(c1B(O)O)OCO2. The highest BCUT2D eigenvalue weighted by molar-refractivity contribution is 6.60. The first-order valence-electron chi connectivity index (χ1n) is 5.69. The van der Waals surface area contributed by atoms with Gasteiger partial charge in [0.05, 0.1) is 6.61 Å². The minimum atomic E-state index is -1.91. The zero-order chi connectivity index (χ0) is 14.0. The van der Waals surface area contributed by atoms with Crippen molar-refractivity contribution in [2.75, 3.05) is 13.4 Å². The number of rotatable bonds is 4. The summed E-state index contributed by atoms with van der Waals surface area (Å²) in [5, 5.41) is 28.7. The van der Waals surface area contributed by atoms with Crippen LogP contribution in [0.2, 0.25) is 0 Å². The fourth-order valence-electron chi connectivity index (χ4n) is 1.86. The van der Waals surface area contributed by atoms with Crippen molar-refractivity contribution in [3.8, 4) is 11.5 Å². The minimum absolute atomic E-state index is 0.0118. The Morgan fingerprint density at radius 2 is 2.21 bits per heavy atom. The molecule has 8 heteroatoms. The molecule has 2 rings (SSSR count). The predicted molar refractivity (Wildman–Crippen MR) is 64.0 cm³/mol. The van der Waals surface area contributed by atoms with E-state index < -0.39 is 19.2 Å². The van der Waals surface area contributed by atoms with Crippen LogP contribution in [-0.4, -0.2) is 41.6 Å². The van der Waals surface area contributed by atoms with E-state index in [0.717, 1.165) is 0 Å². The average Bonchev–Trinajstić information content (AvgIpc) is 2.84. The zero-order valence-electron chi connectivity index (χ0n) is 10.2. The standard InChI is InChI=1S/C11H13BO7/c1-2-17-11(14)9(13)6-3-4-7-10(19-5-18-7)8(6)12(15)16/h3-4,9,13,15-16H,2,5H2,1H3. The van der Waals surface area contributed by atoms with Gasteiger partial charge >= 0.3 is 13.1 Å². The quantitative estimate of drug-likeness (QED) is 0.460. The van der Waals surface area contributed by atoms with Crippen molar-refractivity contribution in [3.05, 3.63) is 17.7 Å². The van der Waals surface area contributed by atoms with Gasteiger partial charge in [-0.2, -0.15) is 0 Å². The third-order valence-electron chi connectivity index (χ3n) is 2.67. The molecule has 1 heterocycles. The molecule has 0 aromatic heterocycles. The Kier molecular flexibility index (Phi) is 3.94. The largest absolute Gasteiger partial charge is 0.492 e. The molecule has 3 N–H and O–H groups in total. The Morgan fingerprint density at radius 1 is 1.47 bits per heavy atom. The summed E-state index contributed by atoms with van der Waals surface area (Å²) in [5.41, 5.74) is -0.0896. The Balaban J connectivity index is 2.43. The summed E-state index contributed by atoms with van der Waals surface area (Å²) in [5.74, 6) is -0.443. The van der Waals surface area contributed by atoms with Crippen molar-refractivity contribution < 1.29 is 34.2 Å². The first-order valence-corrected chi connectivity index (χ1v) is 5.69. The predicted octanol–water partition coefficient (Wildman–Crippen LogP) is -1.31. The van der Waals surface area contributed by atoms with Crippen molar-refractivity contribution >= 4 is 18.6 Å². The lowest BCUT2D eigenvalue weighted by Crippen LogP contribution is -2.36. The maximum absolute atomic E-state index is 11.5. The minimum Gasteiger partial charge on any atom is -0.464 e. The lowest BCUT2D eigenvalue weighted by molar-refractivity contribution is -0.153. The topological polar surface area (TPSA) is 105 Å². The lowest BCUT2D eigenvalue weighted by atomic mass is 9.74. The highest BCUT2D eigenvalue weighted by atomic mass is 16.7. The van der Waals surface area contributed by atoms with E-state index >= 15 is 0 Å². The molecule has 0 radical (unpaired) electrons. The molecule has 0 aliphatic carbocycles. The molecule has 1 aromatic rings. The smallest absolute Gasteiger partial charge is 0.464 e. The van der Waals surface area contributed by atoms with Gasteiger partial charge in [0.25, 0.3) is 0 Å². The molecule has 1 unspecified atom stereocenters. The van der Waals surface area contributed by atoms with Crippen LogP contribution in [0.3, 0.4) is 0 Å². The van der Waals surface area contributed by atoms with Crippen molar-refractivity contribution in [3.63, 3.8) is 0 Å². The monoisotopic (exact) mass is 268 g/mol. The Hall–Kier alpha value is -1.77. The van der Waals surface area contributed by atoms with Gasteiger partial charge in [0.2, 0.25) is 6.79 Å². The number of fused-ring (bicyclic) bond motifs is 1. The molecule has 0 saturated heterocycles. The van der Waals surface area contributed by atoms with Crippen molar-refractivity contribution in [1.82, 2.24) is 0 Å². The van der Waals surface area contributed by atoms with E-state index in [2.05, 4.69) is 4.74 Å². The first-order chi connectivity index (χ1) is 9.06. The highest BCUT2D eigenvalue weighted by Gasteiger charge is 2.33. The molecule has 1 aromatic carbocycles. The van der Waals surface area contributed by atoms with Crippen LogP contribution in [0.1, 0.15) is 18.6 Å². The first kappa shape index (κ1) is 13.7. The lowest BCUT2D eigenvalue weighted by Gasteiger charge is -2.15. The van der Waals surface area contributed by atoms with Crippen LogP contribution in [0.15, 0.2) is 12.1 Å². The molecule has 1 atom stereocenters. The van der Waals surface area contributed by atoms with E-state index in [1.165, 1.54) is 12.1 Å². The molecular formula is C11H13BO7. The second-order valence-electron chi connectivity index (χ2n) is 3.83. The molecule has 102 valence electrons. The number of esters is 1. The van der Waals surface area contributed by atoms with Crippen LogP contribution in [0.25, 0.3) is 0 Å². The van der Waals surface area contributed by atoms with Gasteiger partial charge < -0.3 is 29.4 Å². The molecule has 0 amide bonds. The summed E-state index contributed by atoms with van der Waals surface area (Å²) in [6.07, 6.45) is -1.62. The number of carbonyl (C=O) groups is 1. The maximum atomic E-state index is 11.5. The van der Waals surface area contributed by atoms with Crippen LogP contribution >= 0.6 is 0 Å². The number of hydrogen-bond acceptors (Lipinski definition) is 7. The fourth-order valence-corrected chi connectivity index (χ4v) is 1.86. The summed E-state index contributed by atoms with van der Waals surface area (Å²) >= 11 is 0. The van der Waals surface area contributed by atoms with E-state index in [1.807, 2.05) is 0 Å². The number of benzene rings is 1. The molecule has 19 heavy (non-hydrogen) atoms. The molecule has 0 bridgehead atoms. The van der Waals surface area contributed by atoms with Gasteiger partial charge in [0.15, 0.2) is 17.6 Å². The van der Waals surface area contributed by atoms with Gasteiger partial charge in [-0.15, -0.1) is 0 Å². The molecule has 1 aliphatic rings. The van der Waals surface area contributed by atoms with Gasteiger partial charge in [0.1, 0.15) is 0 Å². The molecule has 0 fully saturated rings. The summed E-state index contributed by atoms with van der Waals surface area (Å²) in [6, 6.07) is 2.84. The third-order valence-corrected chi connectivity index (χ3v) is 2.67. The van der Waals surface area contributed by atoms with Crippen molar-refractivity contribution in [2.24, 2.45) is 0 Å². The average molecular weight is 268 g/mol. The van der Waals surface area contributed by atoms with Crippen molar-refractivity contribution in [1.29, 1.82) is 0 Å². The second-order valence-corrected chi connectivity index (χ2v) is 3.83. The van der Waals surface area contributed by atoms with Crippen molar-refractivity contribution in [2.45, 2.75) is 13.0 Å². The zero-order valence-corrected chi connectivity index (χ0v) is 10.2. The number of aliphatic hydroxyl groups excluding tert-OH is 1. The van der Waals surface area contributed by atoms with E-state index in [4.69, 9.17) is 9.47 Å². The second kappa shape index (κ2) is 5.47. The highest BCUT2D eigenvalue weighted by Crippen LogP contribution is 2.32. The van der Waals surface area contributed by atoms with Crippen LogP contribution in [0.4, 0.5) is 0 Å². The molecule has 7 nitrogen and oxygen atoms in total. The number of ether oxygens (including phenoxy) is 3. The number of aliphatic hydroxyl groups is 1. The molecular weight excluding hydrogens is 255 g/mol. The van der Waals surface area contributed by atoms with Crippen LogP contribution < -0.4 is 14.9 Å². The normalized spacial score (nSPS) is 14.1. The number of hydrogen-bond donors (Lipinski definition) is 3. The summed E-state index contributed by atoms with van der Waals surface area (Å²) in [4.78, 5) is 11.5. The van der Waals surface area contributed by atoms with Gasteiger partial charge in [-0.05, 0) is 18.6 Å². The Bertz CT molecular complexity index is 488. The fraction of sp³-hybridized carbons (Fsp3) is 0.364. The Morgan fingerprint density at radius 3 is 2.84 bits per heavy atom. The van der Waals surface area contributed by atoms with E-state index in [9.17, 15) is 19.9 Å². The van der Waals surface area contributed by atoms with Crippen LogP contribution in [-0.2, 0) is 9.53 Å². The molecule has 0 spiro atoms. The maximum Gasteiger partial charge on any atom is 0.492 e. The van der Waals surface area contributed by atoms with E-state index in [0.29, 0.717) is 5.75 Å². The number of carbonyl (C=O) groups excluding carboxylic acids is 1. The molecule has 0 saturated carbocycles.